The molecule has 1 N–H and O–H groups in total. The van der Waals surface area contributed by atoms with Gasteiger partial charge in [-0.2, -0.15) is 0 Å². The summed E-state index contributed by atoms with van der Waals surface area (Å²) in [7, 11) is 3.51. The molecule has 122 valence electrons. The summed E-state index contributed by atoms with van der Waals surface area (Å²) >= 11 is 0. The third-order valence-electron chi connectivity index (χ3n) is 3.56. The van der Waals surface area contributed by atoms with Crippen LogP contribution < -0.4 is 5.32 Å². The lowest BCUT2D eigenvalue weighted by atomic mass is 10.1. The average molecular weight is 312 g/mol. The number of hydrogen-bond donors (Lipinski definition) is 1. The molecule has 5 nitrogen and oxygen atoms in total. The highest BCUT2D eigenvalue weighted by Gasteiger charge is 2.23. The zero-order valence-electron chi connectivity index (χ0n) is 14.4. The molecule has 2 rings (SSSR count). The first-order valence-electron chi connectivity index (χ1n) is 7.76. The Morgan fingerprint density at radius 3 is 2.35 bits per heavy atom. The summed E-state index contributed by atoms with van der Waals surface area (Å²) in [6.45, 7) is 6.04. The lowest BCUT2D eigenvalue weighted by molar-refractivity contribution is -0.129. The number of aromatic nitrogens is 2. The van der Waals surface area contributed by atoms with E-state index < -0.39 is 6.04 Å². The Balaban J connectivity index is 2.37. The van der Waals surface area contributed by atoms with Crippen LogP contribution in [-0.2, 0) is 4.79 Å². The summed E-state index contributed by atoms with van der Waals surface area (Å²) in [6.07, 6.45) is 0. The fourth-order valence-electron chi connectivity index (χ4n) is 2.30. The number of aryl methyl sites for hydroxylation is 1. The van der Waals surface area contributed by atoms with Gasteiger partial charge in [0.15, 0.2) is 0 Å². The maximum Gasteiger partial charge on any atom is 0.249 e. The number of likely N-dealkylation sites (N-methyl/N-ethyl adjacent to an activating group) is 1. The maximum absolute atomic E-state index is 12.6. The first kappa shape index (κ1) is 16.9. The van der Waals surface area contributed by atoms with Gasteiger partial charge in [0.05, 0.1) is 0 Å². The van der Waals surface area contributed by atoms with Gasteiger partial charge in [-0.3, -0.25) is 4.79 Å². The van der Waals surface area contributed by atoms with Crippen LogP contribution in [0.4, 0.5) is 5.82 Å². The molecule has 1 amide bonds. The topological polar surface area (TPSA) is 58.1 Å². The van der Waals surface area contributed by atoms with Crippen molar-refractivity contribution >= 4 is 11.7 Å². The van der Waals surface area contributed by atoms with Crippen molar-refractivity contribution in [1.29, 1.82) is 0 Å². The predicted molar refractivity (Wildman–Crippen MR) is 92.4 cm³/mol. The fraction of sp³-hybridized carbons (Fsp3) is 0.389. The molecule has 2 aromatic rings. The highest BCUT2D eigenvalue weighted by molar-refractivity contribution is 5.85. The van der Waals surface area contributed by atoms with Crippen molar-refractivity contribution in [2.75, 3.05) is 19.4 Å². The van der Waals surface area contributed by atoms with E-state index in [-0.39, 0.29) is 5.91 Å². The Hall–Kier alpha value is -2.43. The van der Waals surface area contributed by atoms with E-state index in [2.05, 4.69) is 29.1 Å². The SMILES string of the molecule is Cc1nc(N[C@@H](C(=O)N(C)C)c2ccccc2)cc(C(C)C)n1. The van der Waals surface area contributed by atoms with Crippen LogP contribution in [0.3, 0.4) is 0 Å². The van der Waals surface area contributed by atoms with Crippen LogP contribution >= 0.6 is 0 Å². The number of carbonyl (C=O) groups is 1. The Morgan fingerprint density at radius 1 is 1.13 bits per heavy atom. The van der Waals surface area contributed by atoms with Crippen molar-refractivity contribution in [3.63, 3.8) is 0 Å². The first-order valence-corrected chi connectivity index (χ1v) is 7.76. The summed E-state index contributed by atoms with van der Waals surface area (Å²) in [6, 6.07) is 11.1. The number of nitrogens with one attached hydrogen (secondary N) is 1. The van der Waals surface area contributed by atoms with Crippen LogP contribution in [0.1, 0.15) is 42.9 Å². The molecule has 0 radical (unpaired) electrons. The molecule has 0 spiro atoms. The summed E-state index contributed by atoms with van der Waals surface area (Å²) in [5, 5.41) is 3.27. The van der Waals surface area contributed by atoms with Gasteiger partial charge in [0.2, 0.25) is 5.91 Å². The molecule has 0 aliphatic heterocycles. The minimum atomic E-state index is -0.472. The largest absolute Gasteiger partial charge is 0.355 e. The molecule has 23 heavy (non-hydrogen) atoms. The molecule has 0 bridgehead atoms. The maximum atomic E-state index is 12.6. The van der Waals surface area contributed by atoms with E-state index in [1.807, 2.05) is 43.3 Å². The number of amides is 1. The lowest BCUT2D eigenvalue weighted by Gasteiger charge is -2.23. The van der Waals surface area contributed by atoms with E-state index in [1.54, 1.807) is 19.0 Å². The smallest absolute Gasteiger partial charge is 0.249 e. The van der Waals surface area contributed by atoms with E-state index in [0.717, 1.165) is 11.3 Å². The summed E-state index contributed by atoms with van der Waals surface area (Å²) in [5.41, 5.74) is 1.87. The molecule has 1 atom stereocenters. The second kappa shape index (κ2) is 7.22. The van der Waals surface area contributed by atoms with Gasteiger partial charge in [0.25, 0.3) is 0 Å². The highest BCUT2D eigenvalue weighted by atomic mass is 16.2. The van der Waals surface area contributed by atoms with E-state index in [4.69, 9.17) is 0 Å². The van der Waals surface area contributed by atoms with Crippen molar-refractivity contribution in [1.82, 2.24) is 14.9 Å². The molecule has 1 heterocycles. The Bertz CT molecular complexity index is 668. The van der Waals surface area contributed by atoms with Crippen LogP contribution in [0, 0.1) is 6.92 Å². The van der Waals surface area contributed by atoms with Gasteiger partial charge in [0.1, 0.15) is 17.7 Å². The van der Waals surface area contributed by atoms with Gasteiger partial charge in [-0.25, -0.2) is 9.97 Å². The van der Waals surface area contributed by atoms with E-state index in [9.17, 15) is 4.79 Å². The number of anilines is 1. The number of hydrogen-bond acceptors (Lipinski definition) is 4. The predicted octanol–water partition coefficient (Wildman–Crippen LogP) is 3.15. The average Bonchev–Trinajstić information content (AvgIpc) is 2.52. The quantitative estimate of drug-likeness (QED) is 0.921. The zero-order valence-corrected chi connectivity index (χ0v) is 14.4. The molecule has 0 aliphatic rings. The van der Waals surface area contributed by atoms with Crippen LogP contribution in [-0.4, -0.2) is 34.9 Å². The number of rotatable bonds is 5. The van der Waals surface area contributed by atoms with Crippen LogP contribution in [0.5, 0.6) is 0 Å². The number of nitrogens with zero attached hydrogens (tertiary/aromatic N) is 3. The van der Waals surface area contributed by atoms with E-state index in [0.29, 0.717) is 17.6 Å². The monoisotopic (exact) mass is 312 g/mol. The van der Waals surface area contributed by atoms with Gasteiger partial charge >= 0.3 is 0 Å². The van der Waals surface area contributed by atoms with Gasteiger partial charge in [-0.05, 0) is 18.4 Å². The van der Waals surface area contributed by atoms with Gasteiger partial charge in [-0.15, -0.1) is 0 Å². The molecule has 0 aliphatic carbocycles. The summed E-state index contributed by atoms with van der Waals surface area (Å²) in [4.78, 5) is 23.0. The molecule has 0 saturated heterocycles. The number of benzene rings is 1. The third kappa shape index (κ3) is 4.28. The van der Waals surface area contributed by atoms with Crippen molar-refractivity contribution in [2.45, 2.75) is 32.7 Å². The second-order valence-electron chi connectivity index (χ2n) is 6.10. The fourth-order valence-corrected chi connectivity index (χ4v) is 2.30. The molecule has 1 aromatic carbocycles. The van der Waals surface area contributed by atoms with E-state index in [1.165, 1.54) is 0 Å². The normalized spacial score (nSPS) is 12.1. The van der Waals surface area contributed by atoms with Gasteiger partial charge in [0, 0.05) is 25.9 Å². The Kier molecular flexibility index (Phi) is 5.32. The summed E-state index contributed by atoms with van der Waals surface area (Å²) in [5.74, 6) is 1.66. The Morgan fingerprint density at radius 2 is 1.78 bits per heavy atom. The molecule has 0 unspecified atom stereocenters. The molecular formula is C18H24N4O. The van der Waals surface area contributed by atoms with Crippen molar-refractivity contribution in [3.05, 3.63) is 53.5 Å². The molecule has 1 aromatic heterocycles. The van der Waals surface area contributed by atoms with Crippen molar-refractivity contribution in [3.8, 4) is 0 Å². The van der Waals surface area contributed by atoms with Crippen LogP contribution in [0.15, 0.2) is 36.4 Å². The minimum absolute atomic E-state index is 0.0152. The lowest BCUT2D eigenvalue weighted by Crippen LogP contribution is -2.32. The molecule has 0 saturated carbocycles. The first-order chi connectivity index (χ1) is 10.9. The van der Waals surface area contributed by atoms with E-state index >= 15 is 0 Å². The second-order valence-corrected chi connectivity index (χ2v) is 6.10. The zero-order chi connectivity index (χ0) is 17.0. The Labute approximate surface area is 137 Å². The third-order valence-corrected chi connectivity index (χ3v) is 3.56. The van der Waals surface area contributed by atoms with Crippen molar-refractivity contribution < 1.29 is 4.79 Å². The van der Waals surface area contributed by atoms with Crippen LogP contribution in [0.2, 0.25) is 0 Å². The molecule has 0 fully saturated rings. The molecular weight excluding hydrogens is 288 g/mol. The minimum Gasteiger partial charge on any atom is -0.355 e. The van der Waals surface area contributed by atoms with Crippen molar-refractivity contribution in [2.24, 2.45) is 0 Å². The van der Waals surface area contributed by atoms with Crippen LogP contribution in [0.25, 0.3) is 0 Å². The van der Waals surface area contributed by atoms with Gasteiger partial charge < -0.3 is 10.2 Å². The standard InChI is InChI=1S/C18H24N4O/c1-12(2)15-11-16(20-13(3)19-15)21-17(18(23)22(4)5)14-9-7-6-8-10-14/h6-12,17H,1-5H3,(H,19,20,21)/t17-/m1/s1. The molecule has 5 heteroatoms. The van der Waals surface area contributed by atoms with Gasteiger partial charge in [-0.1, -0.05) is 44.2 Å². The number of carbonyl (C=O) groups excluding carboxylic acids is 1. The summed E-state index contributed by atoms with van der Waals surface area (Å²) < 4.78 is 0. The highest BCUT2D eigenvalue weighted by Crippen LogP contribution is 2.22.